The van der Waals surface area contributed by atoms with Gasteiger partial charge >= 0.3 is 0 Å². The molecule has 4 heterocycles. The molecule has 2 fully saturated rings. The molecule has 2 aliphatic rings. The Morgan fingerprint density at radius 3 is 2.78 bits per heavy atom. The molecule has 11 heteroatoms. The predicted molar refractivity (Wildman–Crippen MR) is 135 cm³/mol. The van der Waals surface area contributed by atoms with E-state index < -0.39 is 18.4 Å². The first-order valence-electron chi connectivity index (χ1n) is 12.7. The van der Waals surface area contributed by atoms with Gasteiger partial charge < -0.3 is 20.4 Å². The van der Waals surface area contributed by atoms with E-state index in [4.69, 9.17) is 4.74 Å². The van der Waals surface area contributed by atoms with Gasteiger partial charge in [-0.15, -0.1) is 0 Å². The van der Waals surface area contributed by atoms with Crippen LogP contribution < -0.4 is 10.6 Å². The maximum absolute atomic E-state index is 14.0. The summed E-state index contributed by atoms with van der Waals surface area (Å²) in [6.07, 6.45) is 11.9. The summed E-state index contributed by atoms with van der Waals surface area (Å²) in [5, 5.41) is 10.9. The molecule has 1 amide bonds. The number of carbonyl (C=O) groups excluding carboxylic acids is 1. The number of methoxy groups -OCH3 is 1. The van der Waals surface area contributed by atoms with Crippen molar-refractivity contribution in [2.75, 3.05) is 19.0 Å². The number of alkyl halides is 2. The average molecular weight is 510 g/mol. The van der Waals surface area contributed by atoms with Crippen molar-refractivity contribution in [2.45, 2.75) is 56.6 Å². The molecule has 4 aromatic rings. The van der Waals surface area contributed by atoms with Gasteiger partial charge in [0.2, 0.25) is 5.95 Å². The molecule has 6 rings (SSSR count). The molecule has 4 aromatic heterocycles. The summed E-state index contributed by atoms with van der Waals surface area (Å²) in [4.78, 5) is 24.8. The van der Waals surface area contributed by atoms with Gasteiger partial charge in [0.25, 0.3) is 11.8 Å². The molecule has 0 aliphatic heterocycles. The first kappa shape index (κ1) is 23.8. The minimum Gasteiger partial charge on any atom is -0.381 e. The van der Waals surface area contributed by atoms with Gasteiger partial charge in [0, 0.05) is 48.6 Å². The number of amides is 1. The number of hydrogen-bond acceptors (Lipinski definition) is 6. The van der Waals surface area contributed by atoms with Gasteiger partial charge in [-0.2, -0.15) is 10.1 Å². The van der Waals surface area contributed by atoms with Gasteiger partial charge in [-0.1, -0.05) is 0 Å². The van der Waals surface area contributed by atoms with Crippen LogP contribution in [0.15, 0.2) is 36.9 Å². The van der Waals surface area contributed by atoms with Crippen molar-refractivity contribution in [3.63, 3.8) is 0 Å². The lowest BCUT2D eigenvalue weighted by molar-refractivity contribution is -0.00832. The largest absolute Gasteiger partial charge is 0.381 e. The molecular weight excluding hydrogens is 480 g/mol. The quantitative estimate of drug-likeness (QED) is 0.325. The van der Waals surface area contributed by atoms with E-state index in [0.29, 0.717) is 29.6 Å². The molecule has 0 atom stereocenters. The Hall–Kier alpha value is -3.60. The number of H-pyrrole nitrogens is 1. The average Bonchev–Trinajstić information content (AvgIpc) is 3.57. The molecule has 194 valence electrons. The fraction of sp³-hybridized carbons (Fsp3) is 0.462. The van der Waals surface area contributed by atoms with Crippen molar-refractivity contribution in [3.05, 3.63) is 42.5 Å². The zero-order valence-corrected chi connectivity index (χ0v) is 20.5. The third-order valence-electron chi connectivity index (χ3n) is 7.51. The molecule has 2 aliphatic carbocycles. The lowest BCUT2D eigenvalue weighted by Crippen LogP contribution is -2.38. The lowest BCUT2D eigenvalue weighted by Gasteiger charge is -2.28. The monoisotopic (exact) mass is 509 g/mol. The number of aromatic amines is 1. The fourth-order valence-electron chi connectivity index (χ4n) is 5.11. The van der Waals surface area contributed by atoms with Crippen LogP contribution in [0.2, 0.25) is 0 Å². The maximum Gasteiger partial charge on any atom is 0.267 e. The SMILES string of the molecule is CO[C@H]1CC[C@H](NC(=O)c2cnn3ccc(-c4c[nH]c5nc(NCC(F)(F)C6CC6)ncc45)cc23)CC1. The van der Waals surface area contributed by atoms with E-state index in [-0.39, 0.29) is 24.0 Å². The molecule has 37 heavy (non-hydrogen) atoms. The number of anilines is 1. The molecule has 3 N–H and O–H groups in total. The Balaban J connectivity index is 1.21. The summed E-state index contributed by atoms with van der Waals surface area (Å²) in [6.45, 7) is -0.479. The maximum atomic E-state index is 14.0. The first-order chi connectivity index (χ1) is 17.9. The Kier molecular flexibility index (Phi) is 6.02. The number of nitrogens with one attached hydrogen (secondary N) is 3. The van der Waals surface area contributed by atoms with Crippen molar-refractivity contribution < 1.29 is 18.3 Å². The third-order valence-corrected chi connectivity index (χ3v) is 7.51. The third kappa shape index (κ3) is 4.75. The molecule has 0 saturated heterocycles. The summed E-state index contributed by atoms with van der Waals surface area (Å²) in [5.74, 6) is -3.29. The van der Waals surface area contributed by atoms with Crippen LogP contribution in [0.4, 0.5) is 14.7 Å². The van der Waals surface area contributed by atoms with E-state index in [1.165, 1.54) is 0 Å². The molecular formula is C26H29F2N7O2. The minimum absolute atomic E-state index is 0.120. The summed E-state index contributed by atoms with van der Waals surface area (Å²) in [5.41, 5.74) is 3.45. The number of fused-ring (bicyclic) bond motifs is 2. The molecule has 0 bridgehead atoms. The second kappa shape index (κ2) is 9.37. The van der Waals surface area contributed by atoms with Gasteiger partial charge in [0.15, 0.2) is 0 Å². The van der Waals surface area contributed by atoms with E-state index in [0.717, 1.165) is 42.2 Å². The number of pyridine rings is 1. The molecule has 2 saturated carbocycles. The van der Waals surface area contributed by atoms with Crippen LogP contribution >= 0.6 is 0 Å². The summed E-state index contributed by atoms with van der Waals surface area (Å²) < 4.78 is 35.1. The Bertz CT molecular complexity index is 1440. The normalized spacial score (nSPS) is 20.4. The number of rotatable bonds is 8. The Labute approximate surface area is 212 Å². The highest BCUT2D eigenvalue weighted by Gasteiger charge is 2.46. The van der Waals surface area contributed by atoms with Gasteiger partial charge in [0.05, 0.1) is 29.9 Å². The standard InChI is InChI=1S/C26H29F2N7O2/c1-37-18-6-4-17(5-7-18)33-24(36)21-13-32-35-9-8-15(10-22(21)35)19-11-29-23-20(19)12-30-25(34-23)31-14-26(27,28)16-2-3-16/h8-13,16-18H,2-7,14H2,1H3,(H,33,36)(H2,29,30,31,34)/t17-,18-. The Morgan fingerprint density at radius 1 is 1.22 bits per heavy atom. The van der Waals surface area contributed by atoms with Crippen LogP contribution in [0.1, 0.15) is 48.9 Å². The molecule has 0 unspecified atom stereocenters. The zero-order valence-electron chi connectivity index (χ0n) is 20.5. The van der Waals surface area contributed by atoms with Crippen molar-refractivity contribution >= 4 is 28.4 Å². The van der Waals surface area contributed by atoms with Gasteiger partial charge in [-0.05, 0) is 56.2 Å². The summed E-state index contributed by atoms with van der Waals surface area (Å²) >= 11 is 0. The topological polar surface area (TPSA) is 109 Å². The van der Waals surface area contributed by atoms with Gasteiger partial charge in [0.1, 0.15) is 5.65 Å². The van der Waals surface area contributed by atoms with Crippen molar-refractivity contribution in [3.8, 4) is 11.1 Å². The highest BCUT2D eigenvalue weighted by molar-refractivity contribution is 6.02. The van der Waals surface area contributed by atoms with E-state index in [9.17, 15) is 13.6 Å². The number of halogens is 2. The van der Waals surface area contributed by atoms with E-state index in [2.05, 4.69) is 30.7 Å². The lowest BCUT2D eigenvalue weighted by atomic mass is 9.93. The van der Waals surface area contributed by atoms with Crippen LogP contribution in [-0.2, 0) is 4.74 Å². The summed E-state index contributed by atoms with van der Waals surface area (Å²) in [7, 11) is 1.73. The van der Waals surface area contributed by atoms with E-state index in [1.807, 2.05) is 12.1 Å². The van der Waals surface area contributed by atoms with Crippen molar-refractivity contribution in [2.24, 2.45) is 5.92 Å². The molecule has 0 radical (unpaired) electrons. The first-order valence-corrected chi connectivity index (χ1v) is 12.7. The summed E-state index contributed by atoms with van der Waals surface area (Å²) in [6, 6.07) is 3.93. The highest BCUT2D eigenvalue weighted by Crippen LogP contribution is 2.43. The molecule has 9 nitrogen and oxygen atoms in total. The molecule has 0 aromatic carbocycles. The Morgan fingerprint density at radius 2 is 2.03 bits per heavy atom. The van der Waals surface area contributed by atoms with E-state index in [1.54, 1.807) is 36.4 Å². The number of aromatic nitrogens is 5. The fourth-order valence-corrected chi connectivity index (χ4v) is 5.11. The van der Waals surface area contributed by atoms with Crippen molar-refractivity contribution in [1.29, 1.82) is 0 Å². The van der Waals surface area contributed by atoms with Gasteiger partial charge in [-0.25, -0.2) is 18.3 Å². The van der Waals surface area contributed by atoms with Crippen LogP contribution in [0.5, 0.6) is 0 Å². The number of nitrogens with zero attached hydrogens (tertiary/aromatic N) is 4. The van der Waals surface area contributed by atoms with Gasteiger partial charge in [-0.3, -0.25) is 4.79 Å². The van der Waals surface area contributed by atoms with Crippen molar-refractivity contribution in [1.82, 2.24) is 29.9 Å². The van der Waals surface area contributed by atoms with Crippen LogP contribution in [0.25, 0.3) is 27.7 Å². The number of hydrogen-bond donors (Lipinski definition) is 3. The highest BCUT2D eigenvalue weighted by atomic mass is 19.3. The second-order valence-electron chi connectivity index (χ2n) is 10.0. The van der Waals surface area contributed by atoms with E-state index >= 15 is 0 Å². The molecule has 0 spiro atoms. The predicted octanol–water partition coefficient (Wildman–Crippen LogP) is 4.42. The van der Waals surface area contributed by atoms with Crippen LogP contribution in [-0.4, -0.2) is 62.2 Å². The van der Waals surface area contributed by atoms with Crippen LogP contribution in [0.3, 0.4) is 0 Å². The smallest absolute Gasteiger partial charge is 0.267 e. The zero-order chi connectivity index (χ0) is 25.6. The van der Waals surface area contributed by atoms with Crippen LogP contribution in [0, 0.1) is 5.92 Å². The number of carbonyl (C=O) groups is 1. The minimum atomic E-state index is -2.76. The second-order valence-corrected chi connectivity index (χ2v) is 10.0. The number of ether oxygens (including phenoxy) is 1.